The zero-order valence-electron chi connectivity index (χ0n) is 20.5. The minimum Gasteiger partial charge on any atom is -0.377 e. The van der Waals surface area contributed by atoms with Crippen molar-refractivity contribution in [3.63, 3.8) is 0 Å². The summed E-state index contributed by atoms with van der Waals surface area (Å²) in [6.45, 7) is 14.7. The molecule has 10 nitrogen and oxygen atoms in total. The fraction of sp³-hybridized carbons (Fsp3) is 0.909. The van der Waals surface area contributed by atoms with Crippen LogP contribution >= 0.6 is 0 Å². The topological polar surface area (TPSA) is 119 Å². The highest BCUT2D eigenvalue weighted by Crippen LogP contribution is 2.17. The highest BCUT2D eigenvalue weighted by Gasteiger charge is 2.41. The molecule has 10 heteroatoms. The van der Waals surface area contributed by atoms with E-state index in [1.54, 1.807) is 13.8 Å². The first-order chi connectivity index (χ1) is 14.9. The molecule has 3 aliphatic rings. The lowest BCUT2D eigenvalue weighted by Gasteiger charge is -2.39. The second-order valence-electron chi connectivity index (χ2n) is 10.3. The smallest absolute Gasteiger partial charge is 0.253 e. The molecule has 2 bridgehead atoms. The van der Waals surface area contributed by atoms with Crippen molar-refractivity contribution in [2.75, 3.05) is 65.8 Å². The van der Waals surface area contributed by atoms with E-state index in [2.05, 4.69) is 21.3 Å². The molecule has 32 heavy (non-hydrogen) atoms. The van der Waals surface area contributed by atoms with Crippen LogP contribution in [0.15, 0.2) is 0 Å². The van der Waals surface area contributed by atoms with Gasteiger partial charge in [-0.3, -0.25) is 9.59 Å². The molecule has 0 saturated carbocycles. The predicted octanol–water partition coefficient (Wildman–Crippen LogP) is -0.434. The van der Waals surface area contributed by atoms with E-state index in [-0.39, 0.29) is 38.1 Å². The van der Waals surface area contributed by atoms with Crippen molar-refractivity contribution in [3.8, 4) is 0 Å². The normalized spacial score (nSPS) is 33.9. The third kappa shape index (κ3) is 8.24. The van der Waals surface area contributed by atoms with Crippen molar-refractivity contribution in [2.45, 2.75) is 63.8 Å². The van der Waals surface area contributed by atoms with Crippen LogP contribution in [0.4, 0.5) is 0 Å². The zero-order chi connectivity index (χ0) is 23.9. The predicted molar refractivity (Wildman–Crippen MR) is 121 cm³/mol. The summed E-state index contributed by atoms with van der Waals surface area (Å²) in [5.41, 5.74) is -3.37. The van der Waals surface area contributed by atoms with Crippen molar-refractivity contribution in [1.82, 2.24) is 21.3 Å². The van der Waals surface area contributed by atoms with Crippen LogP contribution in [-0.4, -0.2) is 99.9 Å². The number of rotatable bonds is 0. The van der Waals surface area contributed by atoms with Crippen LogP contribution in [0.25, 0.3) is 0 Å². The van der Waals surface area contributed by atoms with Gasteiger partial charge in [0.15, 0.2) is 11.2 Å². The van der Waals surface area contributed by atoms with E-state index < -0.39 is 22.3 Å². The van der Waals surface area contributed by atoms with Gasteiger partial charge in [0.25, 0.3) is 11.8 Å². The Morgan fingerprint density at radius 1 is 0.562 bits per heavy atom. The number of carbonyl (C=O) groups is 2. The third-order valence-corrected chi connectivity index (χ3v) is 5.59. The zero-order valence-corrected chi connectivity index (χ0v) is 20.5. The van der Waals surface area contributed by atoms with Crippen LogP contribution in [-0.2, 0) is 28.5 Å². The molecule has 3 rings (SSSR count). The molecule has 186 valence electrons. The van der Waals surface area contributed by atoms with Gasteiger partial charge in [-0.2, -0.15) is 0 Å². The van der Waals surface area contributed by atoms with Gasteiger partial charge in [-0.05, 0) is 41.5 Å². The average Bonchev–Trinajstić information content (AvgIpc) is 2.67. The van der Waals surface area contributed by atoms with Gasteiger partial charge in [-0.25, -0.2) is 0 Å². The van der Waals surface area contributed by atoms with Crippen molar-refractivity contribution in [1.29, 1.82) is 0 Å². The maximum Gasteiger partial charge on any atom is 0.253 e. The van der Waals surface area contributed by atoms with E-state index in [0.717, 1.165) is 0 Å². The van der Waals surface area contributed by atoms with Gasteiger partial charge in [0, 0.05) is 37.3 Å². The summed E-state index contributed by atoms with van der Waals surface area (Å²) in [5.74, 6) is -0.418. The molecule has 0 unspecified atom stereocenters. The number of amides is 2. The van der Waals surface area contributed by atoms with Crippen molar-refractivity contribution in [2.24, 2.45) is 0 Å². The molecule has 3 fully saturated rings. The molecule has 4 N–H and O–H groups in total. The summed E-state index contributed by atoms with van der Waals surface area (Å²) in [5, 5.41) is 12.8. The molecule has 0 aromatic rings. The molecular formula is C22H42N4O6. The van der Waals surface area contributed by atoms with Crippen molar-refractivity contribution >= 4 is 11.8 Å². The summed E-state index contributed by atoms with van der Waals surface area (Å²) in [6, 6.07) is 0. The molecule has 0 aliphatic carbocycles. The lowest BCUT2D eigenvalue weighted by atomic mass is 9.97. The maximum atomic E-state index is 13.2. The molecule has 0 aromatic carbocycles. The molecule has 0 spiro atoms. The molecule has 3 heterocycles. The van der Waals surface area contributed by atoms with Crippen LogP contribution in [0.1, 0.15) is 41.5 Å². The molecule has 0 aromatic heterocycles. The molecule has 3 aliphatic heterocycles. The largest absolute Gasteiger partial charge is 0.377 e. The van der Waals surface area contributed by atoms with E-state index >= 15 is 0 Å². The van der Waals surface area contributed by atoms with Crippen molar-refractivity contribution < 1.29 is 28.5 Å². The van der Waals surface area contributed by atoms with Crippen LogP contribution in [0, 0.1) is 0 Å². The van der Waals surface area contributed by atoms with E-state index in [9.17, 15) is 9.59 Å². The third-order valence-electron chi connectivity index (χ3n) is 5.59. The second-order valence-corrected chi connectivity index (χ2v) is 10.3. The fourth-order valence-electron chi connectivity index (χ4n) is 3.56. The van der Waals surface area contributed by atoms with Gasteiger partial charge in [-0.1, -0.05) is 0 Å². The Morgan fingerprint density at radius 3 is 1.28 bits per heavy atom. The Labute approximate surface area is 191 Å². The molecule has 2 atom stereocenters. The van der Waals surface area contributed by atoms with E-state index in [1.165, 1.54) is 0 Å². The lowest BCUT2D eigenvalue weighted by Crippen LogP contribution is -2.65. The lowest BCUT2D eigenvalue weighted by molar-refractivity contribution is -0.152. The Kier molecular flexibility index (Phi) is 9.45. The molecule has 2 amide bonds. The number of hydrogen-bond acceptors (Lipinski definition) is 8. The van der Waals surface area contributed by atoms with Crippen LogP contribution in [0.5, 0.6) is 0 Å². The number of carbonyl (C=O) groups excluding carboxylic acids is 2. The van der Waals surface area contributed by atoms with Gasteiger partial charge in [-0.15, -0.1) is 0 Å². The number of fused-ring (bicyclic) bond motifs is 19. The van der Waals surface area contributed by atoms with Gasteiger partial charge >= 0.3 is 0 Å². The first-order valence-electron chi connectivity index (χ1n) is 11.4. The van der Waals surface area contributed by atoms with Gasteiger partial charge in [0.05, 0.1) is 39.6 Å². The Bertz CT molecular complexity index is 590. The van der Waals surface area contributed by atoms with Crippen LogP contribution < -0.4 is 21.3 Å². The van der Waals surface area contributed by atoms with Gasteiger partial charge < -0.3 is 40.2 Å². The number of ether oxygens (including phenoxy) is 4. The second kappa shape index (κ2) is 11.2. The fourth-order valence-corrected chi connectivity index (χ4v) is 3.56. The summed E-state index contributed by atoms with van der Waals surface area (Å²) in [6.07, 6.45) is 0. The van der Waals surface area contributed by atoms with Gasteiger partial charge in [0.2, 0.25) is 0 Å². The van der Waals surface area contributed by atoms with Gasteiger partial charge in [0.1, 0.15) is 0 Å². The molecule has 0 radical (unpaired) electrons. The standard InChI is InChI=1S/C22H42N4O6/c1-19(2)13-23-15-22(6)18(28)26-20(3,4)14-24-16-21(5,17(27)25-19)31-11-9-29-7-8-30-10-12-32-22/h23-24H,7-16H2,1-6H3,(H,25,27)(H,26,28)/t21-,22-/m0/s1. The summed E-state index contributed by atoms with van der Waals surface area (Å²) in [7, 11) is 0. The van der Waals surface area contributed by atoms with E-state index in [4.69, 9.17) is 18.9 Å². The quantitative estimate of drug-likeness (QED) is 0.361. The Hall–Kier alpha value is -1.30. The average molecular weight is 459 g/mol. The first kappa shape index (κ1) is 26.9. The SMILES string of the molecule is CC1(C)CNC[C@]2(C)OCCOCCOCCO[C@@](C)(CNCC(C)(C)NC2=O)C(=O)N1. The Balaban J connectivity index is 2.34. The van der Waals surface area contributed by atoms with Crippen LogP contribution in [0.3, 0.4) is 0 Å². The van der Waals surface area contributed by atoms with Crippen molar-refractivity contribution in [3.05, 3.63) is 0 Å². The number of hydrogen-bond donors (Lipinski definition) is 4. The van der Waals surface area contributed by atoms with E-state index in [1.807, 2.05) is 27.7 Å². The highest BCUT2D eigenvalue weighted by atomic mass is 16.6. The minimum absolute atomic E-state index is 0.209. The van der Waals surface area contributed by atoms with Crippen LogP contribution in [0.2, 0.25) is 0 Å². The highest BCUT2D eigenvalue weighted by molar-refractivity contribution is 5.86. The first-order valence-corrected chi connectivity index (χ1v) is 11.4. The van der Waals surface area contributed by atoms with E-state index in [0.29, 0.717) is 39.5 Å². The number of nitrogens with one attached hydrogen (secondary N) is 4. The minimum atomic E-state index is -1.11. The molecule has 3 saturated heterocycles. The Morgan fingerprint density at radius 2 is 0.906 bits per heavy atom. The molecular weight excluding hydrogens is 416 g/mol. The summed E-state index contributed by atoms with van der Waals surface area (Å²) in [4.78, 5) is 26.5. The monoisotopic (exact) mass is 458 g/mol. The summed E-state index contributed by atoms with van der Waals surface area (Å²) < 4.78 is 23.1. The maximum absolute atomic E-state index is 13.2. The summed E-state index contributed by atoms with van der Waals surface area (Å²) >= 11 is 0.